The van der Waals surface area contributed by atoms with Gasteiger partial charge >= 0.3 is 5.97 Å². The van der Waals surface area contributed by atoms with Gasteiger partial charge < -0.3 is 15.4 Å². The molecule has 0 atom stereocenters. The van der Waals surface area contributed by atoms with Gasteiger partial charge in [-0.15, -0.1) is 0 Å². The first-order valence-electron chi connectivity index (χ1n) is 10.8. The largest absolute Gasteiger partial charge is 0.478 e. The van der Waals surface area contributed by atoms with Gasteiger partial charge in [0.15, 0.2) is 5.65 Å². The number of primary amides is 1. The van der Waals surface area contributed by atoms with Crippen LogP contribution in [0.1, 0.15) is 37.9 Å². The van der Waals surface area contributed by atoms with Crippen molar-refractivity contribution >= 4 is 34.5 Å². The van der Waals surface area contributed by atoms with E-state index in [1.807, 2.05) is 56.3 Å². The normalized spacial score (nSPS) is 10.7. The Bertz CT molecular complexity index is 1550. The first-order chi connectivity index (χ1) is 17.2. The molecule has 0 aliphatic heterocycles. The van der Waals surface area contributed by atoms with Crippen LogP contribution < -0.4 is 5.73 Å². The summed E-state index contributed by atoms with van der Waals surface area (Å²) in [7, 11) is 0. The van der Waals surface area contributed by atoms with E-state index in [1.165, 1.54) is 6.20 Å². The summed E-state index contributed by atoms with van der Waals surface area (Å²) >= 11 is 6.17. The fourth-order valence-corrected chi connectivity index (χ4v) is 4.15. The predicted molar refractivity (Wildman–Crippen MR) is 136 cm³/mol. The molecule has 5 rings (SSSR count). The van der Waals surface area contributed by atoms with Crippen molar-refractivity contribution in [1.82, 2.24) is 19.9 Å². The van der Waals surface area contributed by atoms with Crippen LogP contribution in [0.4, 0.5) is 0 Å². The van der Waals surface area contributed by atoms with E-state index in [0.29, 0.717) is 22.3 Å². The van der Waals surface area contributed by atoms with E-state index in [4.69, 9.17) is 27.0 Å². The Hall–Kier alpha value is -4.50. The lowest BCUT2D eigenvalue weighted by molar-refractivity contribution is 0.0696. The number of hydrogen-bond acceptors (Lipinski definition) is 6. The van der Waals surface area contributed by atoms with Crippen molar-refractivity contribution < 1.29 is 19.2 Å². The minimum atomic E-state index is -1.10. The summed E-state index contributed by atoms with van der Waals surface area (Å²) in [6, 6.07) is 16.6. The predicted octanol–water partition coefficient (Wildman–Crippen LogP) is 5.14. The first kappa shape index (κ1) is 24.6. The number of halogens is 1. The summed E-state index contributed by atoms with van der Waals surface area (Å²) in [4.78, 5) is 26.2. The number of benzene rings is 2. The van der Waals surface area contributed by atoms with Crippen LogP contribution in [0.25, 0.3) is 27.8 Å². The van der Waals surface area contributed by atoms with Crippen molar-refractivity contribution in [3.05, 3.63) is 94.1 Å². The van der Waals surface area contributed by atoms with Gasteiger partial charge in [0.1, 0.15) is 5.76 Å². The Morgan fingerprint density at radius 2 is 1.67 bits per heavy atom. The Kier molecular flexibility index (Phi) is 6.84. The minimum absolute atomic E-state index is 0.0186. The van der Waals surface area contributed by atoms with E-state index in [0.717, 1.165) is 28.3 Å². The number of hydrogen-bond donors (Lipinski definition) is 2. The molecule has 3 aromatic heterocycles. The highest BCUT2D eigenvalue weighted by Crippen LogP contribution is 2.30. The number of rotatable bonds is 4. The molecule has 0 radical (unpaired) electrons. The summed E-state index contributed by atoms with van der Waals surface area (Å²) in [5.74, 6) is -0.758. The molecule has 0 saturated carbocycles. The lowest BCUT2D eigenvalue weighted by Gasteiger charge is -2.03. The van der Waals surface area contributed by atoms with Gasteiger partial charge in [-0.3, -0.25) is 4.79 Å². The molecule has 3 heterocycles. The van der Waals surface area contributed by atoms with E-state index in [-0.39, 0.29) is 10.6 Å². The van der Waals surface area contributed by atoms with E-state index < -0.39 is 11.9 Å². The fourth-order valence-electron chi connectivity index (χ4n) is 3.80. The maximum Gasteiger partial charge on any atom is 0.338 e. The highest BCUT2D eigenvalue weighted by Gasteiger charge is 2.19. The highest BCUT2D eigenvalue weighted by atomic mass is 35.5. The topological polar surface area (TPSA) is 137 Å². The molecule has 1 amide bonds. The molecule has 5 aromatic rings. The number of fused-ring (bicyclic) bond motifs is 1. The van der Waals surface area contributed by atoms with Crippen LogP contribution in [0.5, 0.6) is 0 Å². The summed E-state index contributed by atoms with van der Waals surface area (Å²) in [5, 5.41) is 18.1. The monoisotopic (exact) mass is 503 g/mol. The second-order valence-electron chi connectivity index (χ2n) is 7.96. The molecule has 0 fully saturated rings. The van der Waals surface area contributed by atoms with Crippen molar-refractivity contribution in [3.8, 4) is 16.8 Å². The molecular formula is C26H22ClN5O4. The summed E-state index contributed by atoms with van der Waals surface area (Å²) in [6.07, 6.45) is 1.26. The zero-order valence-electron chi connectivity index (χ0n) is 19.7. The van der Waals surface area contributed by atoms with Gasteiger partial charge in [-0.25, -0.2) is 14.5 Å². The number of carboxylic acid groups (broad SMARTS) is 1. The summed E-state index contributed by atoms with van der Waals surface area (Å²) in [6.45, 7) is 5.52. The SMILES string of the molecule is Cc1nn(-c2ccccc2)c2ncc(C(=O)O)c(Cl)c12.Cc1noc(C)c1-c1ccc(C(N)=O)cc1. The summed E-state index contributed by atoms with van der Waals surface area (Å²) < 4.78 is 6.74. The van der Waals surface area contributed by atoms with Crippen LogP contribution in [0.2, 0.25) is 5.02 Å². The highest BCUT2D eigenvalue weighted by molar-refractivity contribution is 6.38. The number of carbonyl (C=O) groups is 2. The van der Waals surface area contributed by atoms with Crippen LogP contribution >= 0.6 is 11.6 Å². The van der Waals surface area contributed by atoms with Gasteiger partial charge in [-0.1, -0.05) is 47.1 Å². The molecule has 2 aromatic carbocycles. The number of carbonyl (C=O) groups excluding carboxylic acids is 1. The minimum Gasteiger partial charge on any atom is -0.478 e. The van der Waals surface area contributed by atoms with Crippen molar-refractivity contribution in [1.29, 1.82) is 0 Å². The quantitative estimate of drug-likeness (QED) is 0.346. The van der Waals surface area contributed by atoms with E-state index in [1.54, 1.807) is 23.7 Å². The maximum atomic E-state index is 11.1. The number of carboxylic acids is 1. The lowest BCUT2D eigenvalue weighted by Crippen LogP contribution is -2.10. The van der Waals surface area contributed by atoms with Crippen LogP contribution in [0.3, 0.4) is 0 Å². The van der Waals surface area contributed by atoms with Gasteiger partial charge in [-0.05, 0) is 50.6 Å². The second-order valence-corrected chi connectivity index (χ2v) is 8.34. The van der Waals surface area contributed by atoms with E-state index in [2.05, 4.69) is 15.2 Å². The van der Waals surface area contributed by atoms with Crippen LogP contribution in [-0.2, 0) is 0 Å². The fraction of sp³-hybridized carbons (Fsp3) is 0.115. The number of aromatic carboxylic acids is 1. The van der Waals surface area contributed by atoms with Gasteiger partial charge in [0.2, 0.25) is 5.91 Å². The average Bonchev–Trinajstić information content (AvgIpc) is 3.38. The molecule has 182 valence electrons. The number of nitrogens with two attached hydrogens (primary N) is 1. The molecule has 0 spiro atoms. The third-order valence-corrected chi connectivity index (χ3v) is 5.92. The van der Waals surface area contributed by atoms with Crippen LogP contribution in [-0.4, -0.2) is 36.9 Å². The Morgan fingerprint density at radius 3 is 2.22 bits per heavy atom. The zero-order chi connectivity index (χ0) is 26.0. The Morgan fingerprint density at radius 1 is 1.00 bits per heavy atom. The van der Waals surface area contributed by atoms with Gasteiger partial charge in [0, 0.05) is 17.3 Å². The third kappa shape index (κ3) is 4.69. The Balaban J connectivity index is 0.000000174. The molecule has 0 bridgehead atoms. The second kappa shape index (κ2) is 10.0. The van der Waals surface area contributed by atoms with Crippen LogP contribution in [0.15, 0.2) is 65.3 Å². The van der Waals surface area contributed by atoms with Crippen molar-refractivity contribution in [3.63, 3.8) is 0 Å². The maximum absolute atomic E-state index is 11.1. The molecule has 0 unspecified atom stereocenters. The van der Waals surface area contributed by atoms with Gasteiger partial charge in [-0.2, -0.15) is 5.10 Å². The lowest BCUT2D eigenvalue weighted by atomic mass is 10.0. The van der Waals surface area contributed by atoms with Gasteiger partial charge in [0.25, 0.3) is 0 Å². The number of aryl methyl sites for hydroxylation is 3. The smallest absolute Gasteiger partial charge is 0.338 e. The number of pyridine rings is 1. The number of para-hydroxylation sites is 1. The molecule has 36 heavy (non-hydrogen) atoms. The molecule has 9 nitrogen and oxygen atoms in total. The van der Waals surface area contributed by atoms with Crippen LogP contribution in [0, 0.1) is 20.8 Å². The molecule has 10 heteroatoms. The number of aromatic nitrogens is 4. The molecule has 3 N–H and O–H groups in total. The number of nitrogens with zero attached hydrogens (tertiary/aromatic N) is 4. The molecule has 0 aliphatic carbocycles. The number of amides is 1. The van der Waals surface area contributed by atoms with Crippen molar-refractivity contribution in [2.75, 3.05) is 0 Å². The summed E-state index contributed by atoms with van der Waals surface area (Å²) in [5.41, 5.74) is 10.5. The molecule has 0 aliphatic rings. The third-order valence-electron chi connectivity index (χ3n) is 5.53. The van der Waals surface area contributed by atoms with Crippen molar-refractivity contribution in [2.24, 2.45) is 5.73 Å². The van der Waals surface area contributed by atoms with Gasteiger partial charge in [0.05, 0.1) is 33.0 Å². The molecule has 0 saturated heterocycles. The average molecular weight is 504 g/mol. The standard InChI is InChI=1S/C14H10ClN3O2.C12H12N2O2/c1-8-11-12(15)10(14(19)20)7-16-13(11)18(17-8)9-5-3-2-4-6-9;1-7-11(8(2)16-14-7)9-3-5-10(6-4-9)12(13)15/h2-7H,1H3,(H,19,20);3-6H,1-2H3,(H2,13,15). The van der Waals surface area contributed by atoms with E-state index >= 15 is 0 Å². The van der Waals surface area contributed by atoms with E-state index in [9.17, 15) is 9.59 Å². The molecular weight excluding hydrogens is 482 g/mol. The Labute approximate surface area is 211 Å². The van der Waals surface area contributed by atoms with Crippen molar-refractivity contribution in [2.45, 2.75) is 20.8 Å². The zero-order valence-corrected chi connectivity index (χ0v) is 20.4. The first-order valence-corrected chi connectivity index (χ1v) is 11.2.